The van der Waals surface area contributed by atoms with Gasteiger partial charge in [0, 0.05) is 31.5 Å². The standard InChI is InChI=1S/C19H24ClN3O2/c1-19(2,3)18-21-14-8-9-23(11-13(14)17(24)22-18)10-12-6-5-7-15(25-4)16(12)20/h5-7H,8-11H2,1-4H3,(H,21,22,24). The lowest BCUT2D eigenvalue weighted by molar-refractivity contribution is 0.240. The zero-order chi connectivity index (χ0) is 18.2. The van der Waals surface area contributed by atoms with Gasteiger partial charge in [0.15, 0.2) is 0 Å². The second-order valence-corrected chi connectivity index (χ2v) is 7.86. The number of methoxy groups -OCH3 is 1. The molecule has 0 unspecified atom stereocenters. The maximum absolute atomic E-state index is 12.5. The van der Waals surface area contributed by atoms with Crippen LogP contribution in [0.3, 0.4) is 0 Å². The Hall–Kier alpha value is -1.85. The summed E-state index contributed by atoms with van der Waals surface area (Å²) in [4.78, 5) is 22.4. The summed E-state index contributed by atoms with van der Waals surface area (Å²) < 4.78 is 5.28. The molecule has 2 aromatic rings. The van der Waals surface area contributed by atoms with Crippen LogP contribution < -0.4 is 10.3 Å². The van der Waals surface area contributed by atoms with E-state index in [2.05, 4.69) is 30.7 Å². The lowest BCUT2D eigenvalue weighted by atomic mass is 9.95. The molecule has 0 saturated carbocycles. The zero-order valence-corrected chi connectivity index (χ0v) is 15.9. The Bertz CT molecular complexity index is 840. The molecule has 0 fully saturated rings. The van der Waals surface area contributed by atoms with Crippen LogP contribution >= 0.6 is 11.6 Å². The Morgan fingerprint density at radius 2 is 2.12 bits per heavy atom. The molecule has 5 nitrogen and oxygen atoms in total. The highest BCUT2D eigenvalue weighted by Gasteiger charge is 2.25. The first-order chi connectivity index (χ1) is 11.8. The molecule has 0 spiro atoms. The highest BCUT2D eigenvalue weighted by atomic mass is 35.5. The summed E-state index contributed by atoms with van der Waals surface area (Å²) in [6, 6.07) is 5.77. The number of H-pyrrole nitrogens is 1. The van der Waals surface area contributed by atoms with E-state index in [9.17, 15) is 4.79 Å². The lowest BCUT2D eigenvalue weighted by Gasteiger charge is -2.29. The van der Waals surface area contributed by atoms with Crippen molar-refractivity contribution in [1.82, 2.24) is 14.9 Å². The molecular weight excluding hydrogens is 338 g/mol. The van der Waals surface area contributed by atoms with Gasteiger partial charge in [-0.3, -0.25) is 9.69 Å². The van der Waals surface area contributed by atoms with Gasteiger partial charge >= 0.3 is 0 Å². The summed E-state index contributed by atoms with van der Waals surface area (Å²) in [5, 5.41) is 0.630. The number of hydrogen-bond acceptors (Lipinski definition) is 4. The molecular formula is C19H24ClN3O2. The molecule has 2 heterocycles. The molecule has 1 N–H and O–H groups in total. The maximum Gasteiger partial charge on any atom is 0.255 e. The van der Waals surface area contributed by atoms with Crippen LogP contribution in [-0.4, -0.2) is 28.5 Å². The van der Waals surface area contributed by atoms with Crippen molar-refractivity contribution in [1.29, 1.82) is 0 Å². The van der Waals surface area contributed by atoms with E-state index in [-0.39, 0.29) is 11.0 Å². The predicted molar refractivity (Wildman–Crippen MR) is 99.4 cm³/mol. The van der Waals surface area contributed by atoms with Gasteiger partial charge in [-0.1, -0.05) is 44.5 Å². The molecule has 0 atom stereocenters. The van der Waals surface area contributed by atoms with E-state index in [1.165, 1.54) is 0 Å². The van der Waals surface area contributed by atoms with E-state index >= 15 is 0 Å². The van der Waals surface area contributed by atoms with Gasteiger partial charge in [-0.05, 0) is 11.6 Å². The SMILES string of the molecule is COc1cccc(CN2CCc3nc(C(C)(C)C)[nH]c(=O)c3C2)c1Cl. The van der Waals surface area contributed by atoms with Crippen molar-refractivity contribution < 1.29 is 4.74 Å². The number of aromatic nitrogens is 2. The van der Waals surface area contributed by atoms with Gasteiger partial charge < -0.3 is 9.72 Å². The van der Waals surface area contributed by atoms with Crippen LogP contribution in [0.1, 0.15) is 43.4 Å². The van der Waals surface area contributed by atoms with Crippen molar-refractivity contribution in [3.8, 4) is 5.75 Å². The third-order valence-corrected chi connectivity index (χ3v) is 4.94. The highest BCUT2D eigenvalue weighted by molar-refractivity contribution is 6.32. The number of fused-ring (bicyclic) bond motifs is 1. The van der Waals surface area contributed by atoms with Crippen LogP contribution in [-0.2, 0) is 24.9 Å². The summed E-state index contributed by atoms with van der Waals surface area (Å²) in [5.41, 5.74) is 2.48. The molecule has 1 aliphatic rings. The molecule has 0 radical (unpaired) electrons. The minimum absolute atomic E-state index is 0.0311. The van der Waals surface area contributed by atoms with Crippen LogP contribution in [0.4, 0.5) is 0 Å². The van der Waals surface area contributed by atoms with Crippen molar-refractivity contribution in [2.75, 3.05) is 13.7 Å². The molecule has 1 aromatic heterocycles. The third-order valence-electron chi connectivity index (χ3n) is 4.52. The number of ether oxygens (including phenoxy) is 1. The molecule has 25 heavy (non-hydrogen) atoms. The van der Waals surface area contributed by atoms with Gasteiger partial charge in [0.1, 0.15) is 11.6 Å². The summed E-state index contributed by atoms with van der Waals surface area (Å²) in [6.45, 7) is 8.26. The predicted octanol–water partition coefficient (Wildman–Crippen LogP) is 3.29. The van der Waals surface area contributed by atoms with E-state index < -0.39 is 0 Å². The first-order valence-electron chi connectivity index (χ1n) is 8.46. The van der Waals surface area contributed by atoms with Gasteiger partial charge in [-0.2, -0.15) is 0 Å². The Morgan fingerprint density at radius 3 is 2.80 bits per heavy atom. The summed E-state index contributed by atoms with van der Waals surface area (Å²) in [5.74, 6) is 1.42. The average molecular weight is 362 g/mol. The van der Waals surface area contributed by atoms with Crippen molar-refractivity contribution in [2.45, 2.75) is 45.7 Å². The number of benzene rings is 1. The van der Waals surface area contributed by atoms with Crippen molar-refractivity contribution >= 4 is 11.6 Å². The van der Waals surface area contributed by atoms with Gasteiger partial charge in [-0.15, -0.1) is 0 Å². The molecule has 0 amide bonds. The molecule has 134 valence electrons. The summed E-state index contributed by atoms with van der Waals surface area (Å²) in [6.07, 6.45) is 0.768. The van der Waals surface area contributed by atoms with E-state index in [1.54, 1.807) is 7.11 Å². The first kappa shape index (κ1) is 18.0. The Labute approximate surface area is 153 Å². The lowest BCUT2D eigenvalue weighted by Crippen LogP contribution is -2.37. The third kappa shape index (κ3) is 3.72. The minimum atomic E-state index is -0.167. The molecule has 0 saturated heterocycles. The van der Waals surface area contributed by atoms with Crippen LogP contribution in [0.5, 0.6) is 5.75 Å². The number of halogens is 1. The van der Waals surface area contributed by atoms with Crippen LogP contribution in [0.25, 0.3) is 0 Å². The van der Waals surface area contributed by atoms with Crippen LogP contribution in [0.15, 0.2) is 23.0 Å². The normalized spacial score (nSPS) is 15.1. The highest BCUT2D eigenvalue weighted by Crippen LogP contribution is 2.29. The van der Waals surface area contributed by atoms with Gasteiger partial charge in [0.25, 0.3) is 5.56 Å². The fourth-order valence-corrected chi connectivity index (χ4v) is 3.31. The molecule has 0 aliphatic carbocycles. The Morgan fingerprint density at radius 1 is 1.36 bits per heavy atom. The van der Waals surface area contributed by atoms with Crippen molar-refractivity contribution in [3.63, 3.8) is 0 Å². The van der Waals surface area contributed by atoms with Crippen molar-refractivity contribution in [3.05, 3.63) is 56.2 Å². The summed E-state index contributed by atoms with van der Waals surface area (Å²) >= 11 is 6.40. The maximum atomic E-state index is 12.5. The minimum Gasteiger partial charge on any atom is -0.495 e. The van der Waals surface area contributed by atoms with E-state index in [4.69, 9.17) is 21.3 Å². The Balaban J connectivity index is 1.84. The van der Waals surface area contributed by atoms with E-state index in [1.807, 2.05) is 18.2 Å². The average Bonchev–Trinajstić information content (AvgIpc) is 2.56. The molecule has 6 heteroatoms. The van der Waals surface area contributed by atoms with Gasteiger partial charge in [0.05, 0.1) is 23.4 Å². The molecule has 0 bridgehead atoms. The zero-order valence-electron chi connectivity index (χ0n) is 15.1. The molecule has 1 aromatic carbocycles. The van der Waals surface area contributed by atoms with Crippen LogP contribution in [0, 0.1) is 0 Å². The second-order valence-electron chi connectivity index (χ2n) is 7.48. The largest absolute Gasteiger partial charge is 0.495 e. The number of nitrogens with one attached hydrogen (secondary N) is 1. The number of rotatable bonds is 3. The van der Waals surface area contributed by atoms with Crippen LogP contribution in [0.2, 0.25) is 5.02 Å². The molecule has 3 rings (SSSR count). The monoisotopic (exact) mass is 361 g/mol. The number of hydrogen-bond donors (Lipinski definition) is 1. The number of nitrogens with zero attached hydrogens (tertiary/aromatic N) is 2. The number of aromatic amines is 1. The van der Waals surface area contributed by atoms with Gasteiger partial charge in [-0.25, -0.2) is 4.98 Å². The second kappa shape index (κ2) is 6.81. The topological polar surface area (TPSA) is 58.2 Å². The van der Waals surface area contributed by atoms with Gasteiger partial charge in [0.2, 0.25) is 0 Å². The Kier molecular flexibility index (Phi) is 4.89. The fraction of sp³-hybridized carbons (Fsp3) is 0.474. The molecule has 1 aliphatic heterocycles. The summed E-state index contributed by atoms with van der Waals surface area (Å²) in [7, 11) is 1.61. The van der Waals surface area contributed by atoms with Crippen molar-refractivity contribution in [2.24, 2.45) is 0 Å². The first-order valence-corrected chi connectivity index (χ1v) is 8.83. The van der Waals surface area contributed by atoms with E-state index in [0.717, 1.165) is 35.6 Å². The fourth-order valence-electron chi connectivity index (χ4n) is 3.05. The van der Waals surface area contributed by atoms with E-state index in [0.29, 0.717) is 23.9 Å². The quantitative estimate of drug-likeness (QED) is 0.911. The smallest absolute Gasteiger partial charge is 0.255 e.